The van der Waals surface area contributed by atoms with Gasteiger partial charge in [-0.15, -0.1) is 11.6 Å². The van der Waals surface area contributed by atoms with E-state index in [0.717, 1.165) is 30.6 Å². The van der Waals surface area contributed by atoms with Gasteiger partial charge in [-0.3, -0.25) is 4.68 Å². The van der Waals surface area contributed by atoms with Crippen molar-refractivity contribution in [3.8, 4) is 0 Å². The monoisotopic (exact) mass is 280 g/mol. The summed E-state index contributed by atoms with van der Waals surface area (Å²) in [6.45, 7) is 4.44. The van der Waals surface area contributed by atoms with Gasteiger partial charge in [-0.05, 0) is 62.3 Å². The zero-order chi connectivity index (χ0) is 13.5. The number of nitrogens with zero attached hydrogens (tertiary/aromatic N) is 2. The van der Waals surface area contributed by atoms with Crippen LogP contribution in [0.25, 0.3) is 0 Å². The summed E-state index contributed by atoms with van der Waals surface area (Å²) in [7, 11) is 0. The highest BCUT2D eigenvalue weighted by molar-refractivity contribution is 6.18. The zero-order valence-electron chi connectivity index (χ0n) is 12.1. The number of alkyl halides is 1. The maximum absolute atomic E-state index is 6.37. The van der Waals surface area contributed by atoms with E-state index < -0.39 is 0 Å². The van der Waals surface area contributed by atoms with E-state index in [2.05, 4.69) is 30.8 Å². The van der Waals surface area contributed by atoms with E-state index in [1.807, 2.05) is 0 Å². The molecule has 3 rings (SSSR count). The van der Waals surface area contributed by atoms with Crippen LogP contribution in [0.4, 0.5) is 0 Å². The second-order valence-corrected chi connectivity index (χ2v) is 7.06. The third kappa shape index (κ3) is 2.33. The molecule has 0 N–H and O–H groups in total. The van der Waals surface area contributed by atoms with Crippen LogP contribution in [-0.4, -0.2) is 15.7 Å². The molecule has 0 radical (unpaired) electrons. The third-order valence-corrected chi connectivity index (χ3v) is 6.14. The van der Waals surface area contributed by atoms with Crippen LogP contribution in [0.15, 0.2) is 12.3 Å². The summed E-state index contributed by atoms with van der Waals surface area (Å²) in [6, 6.07) is 2.70. The van der Waals surface area contributed by atoms with E-state index in [9.17, 15) is 0 Å². The van der Waals surface area contributed by atoms with Gasteiger partial charge in [-0.2, -0.15) is 5.10 Å². The van der Waals surface area contributed by atoms with E-state index in [1.54, 1.807) is 0 Å². The predicted molar refractivity (Wildman–Crippen MR) is 79.5 cm³/mol. The van der Waals surface area contributed by atoms with Crippen LogP contribution in [0.5, 0.6) is 0 Å². The number of rotatable bonds is 5. The van der Waals surface area contributed by atoms with Gasteiger partial charge < -0.3 is 0 Å². The molecule has 19 heavy (non-hydrogen) atoms. The standard InChI is InChI=1S/C16H25ClN2/c1-3-12(2)19-7-6-15(18-19)10-16(11-17)9-13-4-5-14(16)8-13/h6-7,12-14H,3-5,8-11H2,1-2H3. The Morgan fingerprint density at radius 3 is 2.95 bits per heavy atom. The van der Waals surface area contributed by atoms with Crippen LogP contribution in [0.1, 0.15) is 57.7 Å². The lowest BCUT2D eigenvalue weighted by Gasteiger charge is -2.35. The average Bonchev–Trinajstić information content (AvgIpc) is 3.13. The fourth-order valence-corrected chi connectivity index (χ4v) is 4.67. The Morgan fingerprint density at radius 1 is 1.53 bits per heavy atom. The van der Waals surface area contributed by atoms with E-state index in [4.69, 9.17) is 16.7 Å². The van der Waals surface area contributed by atoms with Crippen LogP contribution in [0.3, 0.4) is 0 Å². The van der Waals surface area contributed by atoms with Gasteiger partial charge in [0.05, 0.1) is 5.69 Å². The van der Waals surface area contributed by atoms with Crippen molar-refractivity contribution < 1.29 is 0 Å². The summed E-state index contributed by atoms with van der Waals surface area (Å²) in [5, 5.41) is 4.78. The molecule has 0 aromatic carbocycles. The summed E-state index contributed by atoms with van der Waals surface area (Å²) >= 11 is 6.37. The molecule has 2 fully saturated rings. The minimum absolute atomic E-state index is 0.346. The fraction of sp³-hybridized carbons (Fsp3) is 0.812. The Kier molecular flexibility index (Phi) is 3.63. The second-order valence-electron chi connectivity index (χ2n) is 6.80. The first kappa shape index (κ1) is 13.5. The van der Waals surface area contributed by atoms with E-state index in [-0.39, 0.29) is 0 Å². The van der Waals surface area contributed by atoms with Crippen molar-refractivity contribution in [2.75, 3.05) is 5.88 Å². The maximum atomic E-state index is 6.37. The van der Waals surface area contributed by atoms with Crippen molar-refractivity contribution in [2.24, 2.45) is 17.3 Å². The molecule has 106 valence electrons. The molecule has 0 aliphatic heterocycles. The van der Waals surface area contributed by atoms with Crippen LogP contribution in [0.2, 0.25) is 0 Å². The molecule has 3 heteroatoms. The summed E-state index contributed by atoms with van der Waals surface area (Å²) in [4.78, 5) is 0. The van der Waals surface area contributed by atoms with Crippen molar-refractivity contribution in [1.29, 1.82) is 0 Å². The number of aromatic nitrogens is 2. The topological polar surface area (TPSA) is 17.8 Å². The fourth-order valence-electron chi connectivity index (χ4n) is 4.25. The van der Waals surface area contributed by atoms with Crippen molar-refractivity contribution in [3.63, 3.8) is 0 Å². The summed E-state index contributed by atoms with van der Waals surface area (Å²) in [5.74, 6) is 2.61. The molecule has 4 unspecified atom stereocenters. The molecule has 0 saturated heterocycles. The van der Waals surface area contributed by atoms with Gasteiger partial charge in [0.15, 0.2) is 0 Å². The molecule has 2 aliphatic carbocycles. The molecule has 2 nitrogen and oxygen atoms in total. The first-order valence-corrected chi connectivity index (χ1v) is 8.30. The molecule has 2 bridgehead atoms. The Bertz CT molecular complexity index is 442. The maximum Gasteiger partial charge on any atom is 0.0630 e. The highest BCUT2D eigenvalue weighted by Crippen LogP contribution is 2.57. The van der Waals surface area contributed by atoms with Gasteiger partial charge in [-0.25, -0.2) is 0 Å². The number of fused-ring (bicyclic) bond motifs is 2. The molecule has 1 aromatic heterocycles. The number of hydrogen-bond acceptors (Lipinski definition) is 1. The Balaban J connectivity index is 1.75. The molecular weight excluding hydrogens is 256 g/mol. The van der Waals surface area contributed by atoms with Gasteiger partial charge >= 0.3 is 0 Å². The number of halogens is 1. The smallest absolute Gasteiger partial charge is 0.0630 e. The van der Waals surface area contributed by atoms with Crippen molar-refractivity contribution in [1.82, 2.24) is 9.78 Å². The van der Waals surface area contributed by atoms with Crippen LogP contribution >= 0.6 is 11.6 Å². The molecule has 1 heterocycles. The lowest BCUT2D eigenvalue weighted by atomic mass is 9.71. The molecule has 0 amide bonds. The Morgan fingerprint density at radius 2 is 2.37 bits per heavy atom. The van der Waals surface area contributed by atoms with Crippen LogP contribution in [0, 0.1) is 17.3 Å². The lowest BCUT2D eigenvalue weighted by molar-refractivity contribution is 0.190. The van der Waals surface area contributed by atoms with Gasteiger partial charge in [0.1, 0.15) is 0 Å². The lowest BCUT2D eigenvalue weighted by Crippen LogP contribution is -2.32. The normalized spacial score (nSPS) is 34.9. The molecule has 2 aliphatic rings. The summed E-state index contributed by atoms with van der Waals surface area (Å²) in [5.41, 5.74) is 1.59. The number of hydrogen-bond donors (Lipinski definition) is 0. The Hall–Kier alpha value is -0.500. The first-order valence-electron chi connectivity index (χ1n) is 7.77. The van der Waals surface area contributed by atoms with Crippen LogP contribution < -0.4 is 0 Å². The average molecular weight is 281 g/mol. The third-order valence-electron chi connectivity index (χ3n) is 5.61. The highest BCUT2D eigenvalue weighted by atomic mass is 35.5. The quantitative estimate of drug-likeness (QED) is 0.729. The van der Waals surface area contributed by atoms with Gasteiger partial charge in [-0.1, -0.05) is 13.3 Å². The van der Waals surface area contributed by atoms with E-state index in [1.165, 1.54) is 31.4 Å². The van der Waals surface area contributed by atoms with Gasteiger partial charge in [0.2, 0.25) is 0 Å². The molecule has 4 atom stereocenters. The largest absolute Gasteiger partial charge is 0.270 e. The zero-order valence-corrected chi connectivity index (χ0v) is 12.9. The Labute approximate surface area is 121 Å². The minimum atomic E-state index is 0.346. The van der Waals surface area contributed by atoms with E-state index >= 15 is 0 Å². The van der Waals surface area contributed by atoms with Crippen molar-refractivity contribution >= 4 is 11.6 Å². The minimum Gasteiger partial charge on any atom is -0.270 e. The predicted octanol–water partition coefficient (Wildman–Crippen LogP) is 4.44. The first-order chi connectivity index (χ1) is 9.16. The SMILES string of the molecule is CCC(C)n1ccc(CC2(CCl)CC3CCC2C3)n1. The van der Waals surface area contributed by atoms with Gasteiger partial charge in [0.25, 0.3) is 0 Å². The highest BCUT2D eigenvalue weighted by Gasteiger charge is 2.50. The summed E-state index contributed by atoms with van der Waals surface area (Å²) < 4.78 is 2.12. The molecule has 2 saturated carbocycles. The van der Waals surface area contributed by atoms with Gasteiger partial charge in [0, 0.05) is 18.1 Å². The van der Waals surface area contributed by atoms with Crippen molar-refractivity contribution in [2.45, 2.75) is 58.4 Å². The molecular formula is C16H25ClN2. The van der Waals surface area contributed by atoms with Crippen LogP contribution in [-0.2, 0) is 6.42 Å². The molecule has 1 aromatic rings. The molecule has 0 spiro atoms. The second kappa shape index (κ2) is 5.12. The summed E-state index contributed by atoms with van der Waals surface area (Å²) in [6.07, 6.45) is 9.93. The van der Waals surface area contributed by atoms with E-state index in [0.29, 0.717) is 11.5 Å². The van der Waals surface area contributed by atoms with Crippen molar-refractivity contribution in [3.05, 3.63) is 18.0 Å².